The molecule has 1 aromatic rings. The molecule has 1 unspecified atom stereocenters. The van der Waals surface area contributed by atoms with Crippen LogP contribution in [0.3, 0.4) is 0 Å². The van der Waals surface area contributed by atoms with Gasteiger partial charge in [0.05, 0.1) is 6.04 Å². The third-order valence-electron chi connectivity index (χ3n) is 5.21. The summed E-state index contributed by atoms with van der Waals surface area (Å²) in [4.78, 5) is 10.8. The number of rotatable bonds is 5. The van der Waals surface area contributed by atoms with Crippen LogP contribution in [0.4, 0.5) is 0 Å². The smallest absolute Gasteiger partial charge is 0.371 e. The molecule has 1 aliphatic carbocycles. The third-order valence-corrected chi connectivity index (χ3v) is 5.21. The van der Waals surface area contributed by atoms with Crippen molar-refractivity contribution >= 4 is 5.97 Å². The Morgan fingerprint density at radius 3 is 2.37 bits per heavy atom. The van der Waals surface area contributed by atoms with Crippen molar-refractivity contribution in [3.63, 3.8) is 0 Å². The molecule has 1 fully saturated rings. The molecule has 4 heteroatoms. The highest BCUT2D eigenvalue weighted by molar-refractivity contribution is 5.84. The number of hydrogen-bond donors (Lipinski definition) is 2. The average Bonchev–Trinajstić information content (AvgIpc) is 2.72. The lowest BCUT2D eigenvalue weighted by atomic mass is 10.0. The van der Waals surface area contributed by atoms with Crippen molar-refractivity contribution in [2.45, 2.75) is 40.7 Å². The molecule has 1 aromatic heterocycles. The van der Waals surface area contributed by atoms with Gasteiger partial charge in [-0.25, -0.2) is 4.79 Å². The number of carboxylic acid groups (broad SMARTS) is 1. The zero-order valence-electron chi connectivity index (χ0n) is 12.3. The summed E-state index contributed by atoms with van der Waals surface area (Å²) in [5.41, 5.74) is 0.713. The van der Waals surface area contributed by atoms with Crippen molar-refractivity contribution in [2.75, 3.05) is 6.54 Å². The Morgan fingerprint density at radius 1 is 1.37 bits per heavy atom. The summed E-state index contributed by atoms with van der Waals surface area (Å²) in [5, 5.41) is 12.3. The minimum atomic E-state index is -1.03. The average molecular weight is 265 g/mol. The molecule has 1 aliphatic rings. The molecular formula is C15H23NO3. The van der Waals surface area contributed by atoms with Crippen LogP contribution in [-0.4, -0.2) is 17.6 Å². The quantitative estimate of drug-likeness (QED) is 0.857. The first-order valence-corrected chi connectivity index (χ1v) is 6.74. The lowest BCUT2D eigenvalue weighted by Crippen LogP contribution is -2.22. The van der Waals surface area contributed by atoms with E-state index in [1.807, 2.05) is 6.92 Å². The van der Waals surface area contributed by atoms with E-state index in [4.69, 9.17) is 9.52 Å². The van der Waals surface area contributed by atoms with Crippen molar-refractivity contribution in [1.82, 2.24) is 5.32 Å². The van der Waals surface area contributed by atoms with Gasteiger partial charge in [0, 0.05) is 0 Å². The second-order valence-corrected chi connectivity index (χ2v) is 6.63. The largest absolute Gasteiger partial charge is 0.475 e. The number of aromatic carboxylic acids is 1. The van der Waals surface area contributed by atoms with E-state index in [1.165, 1.54) is 6.07 Å². The molecule has 0 aliphatic heterocycles. The molecule has 0 aromatic carbocycles. The number of nitrogens with one attached hydrogen (secondary N) is 1. The first-order valence-electron chi connectivity index (χ1n) is 6.74. The van der Waals surface area contributed by atoms with Gasteiger partial charge >= 0.3 is 5.97 Å². The normalized spacial score (nSPS) is 22.2. The number of hydrogen-bond acceptors (Lipinski definition) is 3. The Hall–Kier alpha value is -1.29. The Balaban J connectivity index is 1.92. The molecule has 0 bridgehead atoms. The van der Waals surface area contributed by atoms with E-state index in [9.17, 15) is 4.79 Å². The molecule has 2 rings (SSSR count). The fourth-order valence-corrected chi connectivity index (χ4v) is 2.94. The van der Waals surface area contributed by atoms with Crippen LogP contribution in [0.2, 0.25) is 0 Å². The SMILES string of the molecule is CC(NCC1C(C)(C)C1(C)C)c1ccc(C(=O)O)o1. The maximum atomic E-state index is 10.8. The summed E-state index contributed by atoms with van der Waals surface area (Å²) >= 11 is 0. The molecule has 0 spiro atoms. The molecule has 4 nitrogen and oxygen atoms in total. The summed E-state index contributed by atoms with van der Waals surface area (Å²) < 4.78 is 5.30. The van der Waals surface area contributed by atoms with Crippen LogP contribution in [0.5, 0.6) is 0 Å². The van der Waals surface area contributed by atoms with E-state index in [-0.39, 0.29) is 11.8 Å². The number of furan rings is 1. The zero-order valence-corrected chi connectivity index (χ0v) is 12.3. The fraction of sp³-hybridized carbons (Fsp3) is 0.667. The number of carbonyl (C=O) groups is 1. The van der Waals surface area contributed by atoms with Gasteiger partial charge in [-0.3, -0.25) is 0 Å². The Morgan fingerprint density at radius 2 is 1.95 bits per heavy atom. The van der Waals surface area contributed by atoms with Gasteiger partial charge in [0.25, 0.3) is 0 Å². The molecule has 1 heterocycles. The van der Waals surface area contributed by atoms with Gasteiger partial charge in [-0.1, -0.05) is 27.7 Å². The highest BCUT2D eigenvalue weighted by Gasteiger charge is 2.63. The predicted molar refractivity (Wildman–Crippen MR) is 73.1 cm³/mol. The monoisotopic (exact) mass is 265 g/mol. The molecule has 19 heavy (non-hydrogen) atoms. The van der Waals surface area contributed by atoms with Crippen LogP contribution in [-0.2, 0) is 0 Å². The summed E-state index contributed by atoms with van der Waals surface area (Å²) in [6.07, 6.45) is 0. The topological polar surface area (TPSA) is 62.5 Å². The first kappa shape index (κ1) is 14.1. The minimum Gasteiger partial charge on any atom is -0.475 e. The molecule has 2 N–H and O–H groups in total. The van der Waals surface area contributed by atoms with Crippen molar-refractivity contribution < 1.29 is 14.3 Å². The van der Waals surface area contributed by atoms with Gasteiger partial charge in [-0.15, -0.1) is 0 Å². The molecule has 106 valence electrons. The van der Waals surface area contributed by atoms with E-state index in [0.29, 0.717) is 22.5 Å². The molecule has 0 radical (unpaired) electrons. The molecule has 1 saturated carbocycles. The van der Waals surface area contributed by atoms with E-state index < -0.39 is 5.97 Å². The maximum absolute atomic E-state index is 10.8. The van der Waals surface area contributed by atoms with Crippen molar-refractivity contribution in [2.24, 2.45) is 16.7 Å². The first-order chi connectivity index (χ1) is 8.68. The van der Waals surface area contributed by atoms with Crippen LogP contribution in [0.1, 0.15) is 57.0 Å². The summed E-state index contributed by atoms with van der Waals surface area (Å²) in [6, 6.07) is 3.26. The Kier molecular flexibility index (Phi) is 3.25. The zero-order chi connectivity index (χ0) is 14.4. The molecular weight excluding hydrogens is 242 g/mol. The van der Waals surface area contributed by atoms with Gasteiger partial charge in [0.1, 0.15) is 5.76 Å². The van der Waals surface area contributed by atoms with Gasteiger partial charge in [0.2, 0.25) is 5.76 Å². The van der Waals surface area contributed by atoms with Crippen LogP contribution in [0, 0.1) is 16.7 Å². The van der Waals surface area contributed by atoms with Crippen LogP contribution in [0.25, 0.3) is 0 Å². The Labute approximate surface area is 114 Å². The van der Waals surface area contributed by atoms with Crippen molar-refractivity contribution in [3.8, 4) is 0 Å². The van der Waals surface area contributed by atoms with Crippen LogP contribution >= 0.6 is 0 Å². The standard InChI is InChI=1S/C15H23NO3/c1-9(10-6-7-11(19-10)13(17)18)16-8-12-14(2,3)15(12,4)5/h6-7,9,12,16H,8H2,1-5H3,(H,17,18). The van der Waals surface area contributed by atoms with Gasteiger partial charge < -0.3 is 14.8 Å². The lowest BCUT2D eigenvalue weighted by Gasteiger charge is -2.12. The minimum absolute atomic E-state index is 0.00395. The molecule has 1 atom stereocenters. The van der Waals surface area contributed by atoms with E-state index in [0.717, 1.165) is 6.54 Å². The van der Waals surface area contributed by atoms with Gasteiger partial charge in [0.15, 0.2) is 0 Å². The van der Waals surface area contributed by atoms with Crippen molar-refractivity contribution in [3.05, 3.63) is 23.7 Å². The molecule has 0 saturated heterocycles. The van der Waals surface area contributed by atoms with Crippen molar-refractivity contribution in [1.29, 1.82) is 0 Å². The molecule has 0 amide bonds. The number of carboxylic acids is 1. The lowest BCUT2D eigenvalue weighted by molar-refractivity contribution is 0.0659. The Bertz CT molecular complexity index is 473. The fourth-order valence-electron chi connectivity index (χ4n) is 2.94. The third kappa shape index (κ3) is 2.29. The summed E-state index contributed by atoms with van der Waals surface area (Å²) in [6.45, 7) is 12.1. The van der Waals surface area contributed by atoms with E-state index in [1.54, 1.807) is 6.07 Å². The highest BCUT2D eigenvalue weighted by atomic mass is 16.4. The highest BCUT2D eigenvalue weighted by Crippen LogP contribution is 2.68. The summed E-state index contributed by atoms with van der Waals surface area (Å²) in [5.74, 6) is 0.281. The summed E-state index contributed by atoms with van der Waals surface area (Å²) in [7, 11) is 0. The predicted octanol–water partition coefficient (Wildman–Crippen LogP) is 3.31. The van der Waals surface area contributed by atoms with Crippen LogP contribution < -0.4 is 5.32 Å². The van der Waals surface area contributed by atoms with E-state index >= 15 is 0 Å². The van der Waals surface area contributed by atoms with E-state index in [2.05, 4.69) is 33.0 Å². The van der Waals surface area contributed by atoms with Gasteiger partial charge in [-0.05, 0) is 42.3 Å². The van der Waals surface area contributed by atoms with Gasteiger partial charge in [-0.2, -0.15) is 0 Å². The maximum Gasteiger partial charge on any atom is 0.371 e. The second-order valence-electron chi connectivity index (χ2n) is 6.63. The van der Waals surface area contributed by atoms with Crippen LogP contribution in [0.15, 0.2) is 16.5 Å². The second kappa shape index (κ2) is 4.37.